The smallest absolute Gasteiger partial charge is 0.244 e. The third-order valence-corrected chi connectivity index (χ3v) is 9.98. The number of nitrogens with one attached hydrogen (secondary N) is 1. The van der Waals surface area contributed by atoms with Crippen molar-refractivity contribution in [3.63, 3.8) is 0 Å². The molecule has 2 saturated heterocycles. The second kappa shape index (κ2) is 12.1. The van der Waals surface area contributed by atoms with Gasteiger partial charge in [0.25, 0.3) is 0 Å². The molecule has 37 heavy (non-hydrogen) atoms. The van der Waals surface area contributed by atoms with E-state index in [0.717, 1.165) is 43.4 Å². The van der Waals surface area contributed by atoms with Crippen LogP contribution in [0.1, 0.15) is 69.5 Å². The minimum absolute atomic E-state index is 0.0779. The van der Waals surface area contributed by atoms with Gasteiger partial charge < -0.3 is 20.7 Å². The number of sulfonamides is 1. The fourth-order valence-electron chi connectivity index (χ4n) is 6.04. The summed E-state index contributed by atoms with van der Waals surface area (Å²) in [6, 6.07) is 1.96. The first kappa shape index (κ1) is 27.8. The Kier molecular flexibility index (Phi) is 9.07. The van der Waals surface area contributed by atoms with Crippen LogP contribution >= 0.6 is 0 Å². The molecule has 0 radical (unpaired) electrons. The topological polar surface area (TPSA) is 135 Å². The van der Waals surface area contributed by atoms with Crippen LogP contribution in [-0.2, 0) is 30.9 Å². The largest absolute Gasteiger partial charge is 0.384 e. The summed E-state index contributed by atoms with van der Waals surface area (Å²) < 4.78 is 34.3. The highest BCUT2D eigenvalue weighted by atomic mass is 32.2. The van der Waals surface area contributed by atoms with Crippen molar-refractivity contribution in [2.75, 3.05) is 31.2 Å². The number of anilines is 1. The summed E-state index contributed by atoms with van der Waals surface area (Å²) in [5.74, 6) is 0.0608. The van der Waals surface area contributed by atoms with E-state index in [1.165, 1.54) is 4.31 Å². The number of aryl methyl sites for hydroxylation is 1. The number of nitrogens with two attached hydrogens (primary N) is 1. The minimum Gasteiger partial charge on any atom is -0.384 e. The third kappa shape index (κ3) is 6.43. The second-order valence-corrected chi connectivity index (χ2v) is 12.5. The molecule has 2 amide bonds. The number of carbonyl (C=O) groups is 2. The second-order valence-electron chi connectivity index (χ2n) is 10.5. The maximum absolute atomic E-state index is 13.9. The molecule has 0 spiro atoms. The van der Waals surface area contributed by atoms with E-state index >= 15 is 0 Å². The average Bonchev–Trinajstić information content (AvgIpc) is 3.52. The monoisotopic (exact) mass is 535 g/mol. The van der Waals surface area contributed by atoms with Gasteiger partial charge >= 0.3 is 0 Å². The van der Waals surface area contributed by atoms with Crippen molar-refractivity contribution in [2.24, 2.45) is 5.92 Å². The predicted molar refractivity (Wildman–Crippen MR) is 141 cm³/mol. The first-order chi connectivity index (χ1) is 17.7. The Morgan fingerprint density at radius 1 is 1.11 bits per heavy atom. The summed E-state index contributed by atoms with van der Waals surface area (Å²) in [5.41, 5.74) is 7.31. The fourth-order valence-corrected chi connectivity index (χ4v) is 8.11. The molecule has 1 aliphatic carbocycles. The molecule has 10 nitrogen and oxygen atoms in total. The SMILES string of the molecule is CCO[C@@H]1CCN(S(=O)(=O)CC2CCCCC2)[C@H]1C(=O)N1CCC[C@H]1C(=O)NCc1ccc(N)nc1C. The Labute approximate surface area is 220 Å². The maximum Gasteiger partial charge on any atom is 0.244 e. The Balaban J connectivity index is 1.47. The molecule has 3 heterocycles. The van der Waals surface area contributed by atoms with Gasteiger partial charge in [-0.15, -0.1) is 0 Å². The maximum atomic E-state index is 13.9. The fraction of sp³-hybridized carbons (Fsp3) is 0.731. The third-order valence-electron chi connectivity index (χ3n) is 7.97. The highest BCUT2D eigenvalue weighted by Gasteiger charge is 2.49. The number of hydrogen-bond acceptors (Lipinski definition) is 7. The van der Waals surface area contributed by atoms with Crippen LogP contribution in [0.2, 0.25) is 0 Å². The van der Waals surface area contributed by atoms with Crippen molar-refractivity contribution in [2.45, 2.75) is 89.9 Å². The first-order valence-corrected chi connectivity index (χ1v) is 15.2. The Morgan fingerprint density at radius 2 is 1.86 bits per heavy atom. The summed E-state index contributed by atoms with van der Waals surface area (Å²) in [7, 11) is -3.64. The van der Waals surface area contributed by atoms with E-state index in [-0.39, 0.29) is 36.6 Å². The lowest BCUT2D eigenvalue weighted by molar-refractivity contribution is -0.143. The number of likely N-dealkylation sites (tertiary alicyclic amines) is 1. The van der Waals surface area contributed by atoms with Crippen molar-refractivity contribution in [3.05, 3.63) is 23.4 Å². The molecule has 3 fully saturated rings. The molecule has 0 bridgehead atoms. The van der Waals surface area contributed by atoms with Crippen LogP contribution in [0.15, 0.2) is 12.1 Å². The molecule has 0 aromatic carbocycles. The molecule has 206 valence electrons. The molecule has 1 saturated carbocycles. The van der Waals surface area contributed by atoms with E-state index in [1.54, 1.807) is 11.0 Å². The number of aromatic nitrogens is 1. The Hall–Kier alpha value is -2.24. The van der Waals surface area contributed by atoms with Gasteiger partial charge in [0.05, 0.1) is 11.9 Å². The van der Waals surface area contributed by atoms with Gasteiger partial charge in [-0.05, 0) is 63.5 Å². The number of hydrogen-bond donors (Lipinski definition) is 2. The van der Waals surface area contributed by atoms with Crippen LogP contribution in [0.25, 0.3) is 0 Å². The van der Waals surface area contributed by atoms with E-state index in [4.69, 9.17) is 10.5 Å². The average molecular weight is 536 g/mol. The van der Waals surface area contributed by atoms with Crippen molar-refractivity contribution in [1.82, 2.24) is 19.5 Å². The van der Waals surface area contributed by atoms with Gasteiger partial charge in [0.1, 0.15) is 17.9 Å². The summed E-state index contributed by atoms with van der Waals surface area (Å²) in [4.78, 5) is 32.9. The lowest BCUT2D eigenvalue weighted by Gasteiger charge is -2.33. The zero-order valence-corrected chi connectivity index (χ0v) is 22.8. The van der Waals surface area contributed by atoms with E-state index in [0.29, 0.717) is 38.2 Å². The number of rotatable bonds is 9. The van der Waals surface area contributed by atoms with Crippen LogP contribution < -0.4 is 11.1 Å². The van der Waals surface area contributed by atoms with Crippen molar-refractivity contribution >= 4 is 27.7 Å². The van der Waals surface area contributed by atoms with Gasteiger partial charge in [-0.1, -0.05) is 25.3 Å². The van der Waals surface area contributed by atoms with Gasteiger partial charge in [-0.25, -0.2) is 13.4 Å². The van der Waals surface area contributed by atoms with E-state index in [1.807, 2.05) is 19.9 Å². The molecule has 3 aliphatic rings. The molecule has 2 aliphatic heterocycles. The molecule has 1 aromatic rings. The summed E-state index contributed by atoms with van der Waals surface area (Å²) in [5, 5.41) is 2.93. The van der Waals surface area contributed by atoms with Crippen LogP contribution in [-0.4, -0.2) is 78.1 Å². The highest BCUT2D eigenvalue weighted by Crippen LogP contribution is 2.32. The number of pyridine rings is 1. The molecule has 3 atom stereocenters. The van der Waals surface area contributed by atoms with E-state index in [2.05, 4.69) is 10.3 Å². The first-order valence-electron chi connectivity index (χ1n) is 13.6. The predicted octanol–water partition coefficient (Wildman–Crippen LogP) is 1.97. The zero-order valence-electron chi connectivity index (χ0n) is 22.0. The van der Waals surface area contributed by atoms with Crippen LogP contribution in [0.3, 0.4) is 0 Å². The highest BCUT2D eigenvalue weighted by molar-refractivity contribution is 7.89. The van der Waals surface area contributed by atoms with Crippen LogP contribution in [0, 0.1) is 12.8 Å². The molecule has 1 aromatic heterocycles. The van der Waals surface area contributed by atoms with Gasteiger partial charge in [0.15, 0.2) is 0 Å². The van der Waals surface area contributed by atoms with Crippen molar-refractivity contribution < 1.29 is 22.7 Å². The molecular weight excluding hydrogens is 494 g/mol. The van der Waals surface area contributed by atoms with Gasteiger partial charge in [-0.2, -0.15) is 4.31 Å². The van der Waals surface area contributed by atoms with Crippen molar-refractivity contribution in [1.29, 1.82) is 0 Å². The Bertz CT molecular complexity index is 1080. The van der Waals surface area contributed by atoms with Crippen LogP contribution in [0.4, 0.5) is 5.82 Å². The van der Waals surface area contributed by atoms with Gasteiger partial charge in [0, 0.05) is 31.9 Å². The quantitative estimate of drug-likeness (QED) is 0.494. The zero-order chi connectivity index (χ0) is 26.6. The summed E-state index contributed by atoms with van der Waals surface area (Å²) in [6.07, 6.45) is 6.29. The molecule has 0 unspecified atom stereocenters. The van der Waals surface area contributed by atoms with Gasteiger partial charge in [0.2, 0.25) is 21.8 Å². The minimum atomic E-state index is -3.64. The number of nitrogen functional groups attached to an aromatic ring is 1. The normalized spacial score (nSPS) is 25.5. The standard InChI is InChI=1S/C26H41N5O5S/c1-3-36-22-13-15-31(37(34,35)17-19-8-5-4-6-9-19)24(22)26(33)30-14-7-10-21(30)25(32)28-16-20-11-12-23(27)29-18(20)2/h11-12,19,21-22,24H,3-10,13-17H2,1-2H3,(H2,27,29)(H,28,32)/t21-,22+,24+/m0/s1. The summed E-state index contributed by atoms with van der Waals surface area (Å²) in [6.45, 7) is 5.04. The lowest BCUT2D eigenvalue weighted by atomic mass is 9.91. The number of ether oxygens (including phenoxy) is 1. The molecule has 11 heteroatoms. The Morgan fingerprint density at radius 3 is 2.57 bits per heavy atom. The van der Waals surface area contributed by atoms with E-state index in [9.17, 15) is 18.0 Å². The number of amides is 2. The molecular formula is C26H41N5O5S. The van der Waals surface area contributed by atoms with E-state index < -0.39 is 28.2 Å². The lowest BCUT2D eigenvalue weighted by Crippen LogP contribution is -2.56. The number of carbonyl (C=O) groups excluding carboxylic acids is 2. The molecule has 3 N–H and O–H groups in total. The van der Waals surface area contributed by atoms with Crippen molar-refractivity contribution in [3.8, 4) is 0 Å². The molecule has 4 rings (SSSR count). The number of nitrogens with zero attached hydrogens (tertiary/aromatic N) is 3. The van der Waals surface area contributed by atoms with Crippen LogP contribution in [0.5, 0.6) is 0 Å². The van der Waals surface area contributed by atoms with Gasteiger partial charge in [-0.3, -0.25) is 9.59 Å². The summed E-state index contributed by atoms with van der Waals surface area (Å²) >= 11 is 0.